The standard InChI is InChI=1S/C46H75NO3/c1-3-5-7-9-11-13-15-16-17-18-19-20-21-22-23-24-25-26-27-28-29-30-32-34-36-38-40-42-46(50)47-44(43-48)45(49)41-39-37-35-33-31-14-12-10-8-6-4-2/h5,7,11,13,16-17,19-20,22-23,25-26,28-29,32,34,39,41,44-45,48-49H,3-4,6,8-10,12,14-15,18,21,24,27,30-31,33,35-38,40,42-43H2,1-2H3,(H,47,50)/b7-5-,13-11-,17-16-,20-19-,23-22-,26-25-,29-28-,34-32-,41-39+. The van der Waals surface area contributed by atoms with Crippen LogP contribution in [0.25, 0.3) is 0 Å². The molecule has 0 saturated heterocycles. The third kappa shape index (κ3) is 36.3. The molecule has 3 N–H and O–H groups in total. The molecule has 0 heterocycles. The third-order valence-electron chi connectivity index (χ3n) is 8.26. The van der Waals surface area contributed by atoms with Crippen LogP contribution in [0.4, 0.5) is 0 Å². The average Bonchev–Trinajstić information content (AvgIpc) is 3.12. The largest absolute Gasteiger partial charge is 0.394 e. The fraction of sp³-hybridized carbons (Fsp3) is 0.587. The van der Waals surface area contributed by atoms with Gasteiger partial charge in [-0.15, -0.1) is 0 Å². The van der Waals surface area contributed by atoms with Crippen LogP contribution in [-0.2, 0) is 4.79 Å². The summed E-state index contributed by atoms with van der Waals surface area (Å²) < 4.78 is 0. The predicted octanol–water partition coefficient (Wildman–Crippen LogP) is 12.5. The fourth-order valence-electron chi connectivity index (χ4n) is 5.19. The normalized spacial score (nSPS) is 14.2. The second-order valence-corrected chi connectivity index (χ2v) is 13.0. The summed E-state index contributed by atoms with van der Waals surface area (Å²) in [5, 5.41) is 22.8. The molecule has 0 aliphatic carbocycles. The van der Waals surface area contributed by atoms with Crippen LogP contribution in [0.2, 0.25) is 0 Å². The maximum Gasteiger partial charge on any atom is 0.220 e. The molecule has 0 aliphatic rings. The number of hydrogen-bond acceptors (Lipinski definition) is 3. The summed E-state index contributed by atoms with van der Waals surface area (Å²) in [4.78, 5) is 12.3. The summed E-state index contributed by atoms with van der Waals surface area (Å²) in [5.74, 6) is -0.114. The Labute approximate surface area is 308 Å². The molecule has 2 atom stereocenters. The van der Waals surface area contributed by atoms with Gasteiger partial charge in [0.2, 0.25) is 5.91 Å². The van der Waals surface area contributed by atoms with E-state index in [9.17, 15) is 15.0 Å². The minimum atomic E-state index is -0.863. The van der Waals surface area contributed by atoms with Crippen LogP contribution in [0, 0.1) is 0 Å². The van der Waals surface area contributed by atoms with Crippen molar-refractivity contribution in [1.82, 2.24) is 5.32 Å². The van der Waals surface area contributed by atoms with Gasteiger partial charge in [-0.2, -0.15) is 0 Å². The van der Waals surface area contributed by atoms with Gasteiger partial charge in [0, 0.05) is 6.42 Å². The molecule has 0 saturated carbocycles. The van der Waals surface area contributed by atoms with Crippen LogP contribution >= 0.6 is 0 Å². The van der Waals surface area contributed by atoms with Gasteiger partial charge in [-0.25, -0.2) is 0 Å². The van der Waals surface area contributed by atoms with E-state index in [2.05, 4.69) is 116 Å². The first-order valence-corrected chi connectivity index (χ1v) is 20.1. The molecular formula is C46H75NO3. The highest BCUT2D eigenvalue weighted by Crippen LogP contribution is 2.11. The second kappa shape index (κ2) is 40.5. The number of rotatable bonds is 34. The molecule has 0 aromatic carbocycles. The molecule has 50 heavy (non-hydrogen) atoms. The van der Waals surface area contributed by atoms with Crippen molar-refractivity contribution in [3.05, 3.63) is 109 Å². The highest BCUT2D eigenvalue weighted by atomic mass is 16.3. The lowest BCUT2D eigenvalue weighted by atomic mass is 10.1. The van der Waals surface area contributed by atoms with E-state index in [-0.39, 0.29) is 12.5 Å². The average molecular weight is 690 g/mol. The molecule has 0 aromatic heterocycles. The molecule has 0 aliphatic heterocycles. The van der Waals surface area contributed by atoms with Gasteiger partial charge >= 0.3 is 0 Å². The number of unbranched alkanes of at least 4 members (excludes halogenated alkanes) is 11. The molecule has 0 radical (unpaired) electrons. The van der Waals surface area contributed by atoms with Crippen LogP contribution in [0.5, 0.6) is 0 Å². The van der Waals surface area contributed by atoms with Crippen LogP contribution in [0.3, 0.4) is 0 Å². The zero-order valence-corrected chi connectivity index (χ0v) is 32.1. The van der Waals surface area contributed by atoms with E-state index in [1.807, 2.05) is 6.08 Å². The molecule has 1 amide bonds. The first-order chi connectivity index (χ1) is 24.7. The molecule has 282 valence electrons. The van der Waals surface area contributed by atoms with Gasteiger partial charge in [0.05, 0.1) is 18.8 Å². The Bertz CT molecular complexity index is 1010. The molecule has 0 aromatic rings. The molecule has 4 nitrogen and oxygen atoms in total. The van der Waals surface area contributed by atoms with E-state index in [1.54, 1.807) is 6.08 Å². The van der Waals surface area contributed by atoms with Crippen molar-refractivity contribution in [2.45, 2.75) is 167 Å². The van der Waals surface area contributed by atoms with Gasteiger partial charge in [-0.05, 0) is 83.5 Å². The summed E-state index contributed by atoms with van der Waals surface area (Å²) in [6, 6.07) is -0.651. The number of carbonyl (C=O) groups excluding carboxylic acids is 1. The number of hydrogen-bond donors (Lipinski definition) is 3. The van der Waals surface area contributed by atoms with E-state index >= 15 is 0 Å². The summed E-state index contributed by atoms with van der Waals surface area (Å²) in [5.41, 5.74) is 0. The Morgan fingerprint density at radius 3 is 1.32 bits per heavy atom. The maximum absolute atomic E-state index is 12.3. The lowest BCUT2D eigenvalue weighted by Gasteiger charge is -2.19. The SMILES string of the molecule is CC/C=C\C/C=C\C/C=C\C/C=C\C/C=C\C/C=C\C/C=C\C/C=C\CCCCC(=O)NC(CO)C(O)/C=C/CCCCCCCCCCC. The van der Waals surface area contributed by atoms with Crippen molar-refractivity contribution in [2.24, 2.45) is 0 Å². The van der Waals surface area contributed by atoms with Crippen molar-refractivity contribution in [3.8, 4) is 0 Å². The maximum atomic E-state index is 12.3. The zero-order valence-electron chi connectivity index (χ0n) is 32.1. The van der Waals surface area contributed by atoms with Crippen molar-refractivity contribution < 1.29 is 15.0 Å². The van der Waals surface area contributed by atoms with Crippen molar-refractivity contribution in [3.63, 3.8) is 0 Å². The minimum Gasteiger partial charge on any atom is -0.394 e. The fourth-order valence-corrected chi connectivity index (χ4v) is 5.19. The van der Waals surface area contributed by atoms with E-state index in [1.165, 1.54) is 51.4 Å². The number of nitrogens with one attached hydrogen (secondary N) is 1. The molecular weight excluding hydrogens is 615 g/mol. The molecule has 0 fully saturated rings. The number of allylic oxidation sites excluding steroid dienone is 17. The topological polar surface area (TPSA) is 69.6 Å². The van der Waals surface area contributed by atoms with Gasteiger partial charge in [-0.1, -0.05) is 175 Å². The van der Waals surface area contributed by atoms with Crippen LogP contribution in [0.1, 0.15) is 155 Å². The number of aliphatic hydroxyl groups is 2. The van der Waals surface area contributed by atoms with Crippen molar-refractivity contribution >= 4 is 5.91 Å². The smallest absolute Gasteiger partial charge is 0.220 e. The summed E-state index contributed by atoms with van der Waals surface area (Å²) in [6.45, 7) is 4.14. The Morgan fingerprint density at radius 2 is 0.880 bits per heavy atom. The summed E-state index contributed by atoms with van der Waals surface area (Å²) in [7, 11) is 0. The second-order valence-electron chi connectivity index (χ2n) is 13.0. The van der Waals surface area contributed by atoms with Crippen molar-refractivity contribution in [1.29, 1.82) is 0 Å². The van der Waals surface area contributed by atoms with E-state index in [0.29, 0.717) is 6.42 Å². The molecule has 2 unspecified atom stereocenters. The monoisotopic (exact) mass is 690 g/mol. The molecule has 0 spiro atoms. The zero-order chi connectivity index (χ0) is 36.4. The Morgan fingerprint density at radius 1 is 0.500 bits per heavy atom. The lowest BCUT2D eigenvalue weighted by Crippen LogP contribution is -2.45. The number of amides is 1. The van der Waals surface area contributed by atoms with Crippen LogP contribution in [-0.4, -0.2) is 34.9 Å². The van der Waals surface area contributed by atoms with Crippen LogP contribution in [0.15, 0.2) is 109 Å². The lowest BCUT2D eigenvalue weighted by molar-refractivity contribution is -0.123. The Kier molecular flexibility index (Phi) is 38.1. The predicted molar refractivity (Wildman–Crippen MR) is 220 cm³/mol. The van der Waals surface area contributed by atoms with Gasteiger partial charge in [0.1, 0.15) is 0 Å². The highest BCUT2D eigenvalue weighted by Gasteiger charge is 2.17. The summed E-state index contributed by atoms with van der Waals surface area (Å²) >= 11 is 0. The van der Waals surface area contributed by atoms with E-state index in [0.717, 1.165) is 83.5 Å². The molecule has 0 rings (SSSR count). The third-order valence-corrected chi connectivity index (χ3v) is 8.26. The van der Waals surface area contributed by atoms with Gasteiger partial charge in [-0.3, -0.25) is 4.79 Å². The van der Waals surface area contributed by atoms with E-state index < -0.39 is 12.1 Å². The summed E-state index contributed by atoms with van der Waals surface area (Å²) in [6.07, 6.45) is 61.8. The number of carbonyl (C=O) groups is 1. The quantitative estimate of drug-likeness (QED) is 0.0465. The minimum absolute atomic E-state index is 0.114. The van der Waals surface area contributed by atoms with E-state index in [4.69, 9.17) is 0 Å². The highest BCUT2D eigenvalue weighted by molar-refractivity contribution is 5.76. The first-order valence-electron chi connectivity index (χ1n) is 20.1. The molecule has 0 bridgehead atoms. The first kappa shape index (κ1) is 47.0. The number of aliphatic hydroxyl groups excluding tert-OH is 2. The Balaban J connectivity index is 3.78. The van der Waals surface area contributed by atoms with Crippen LogP contribution < -0.4 is 5.32 Å². The van der Waals surface area contributed by atoms with Crippen molar-refractivity contribution in [2.75, 3.05) is 6.61 Å². The van der Waals surface area contributed by atoms with Gasteiger partial charge in [0.15, 0.2) is 0 Å². The van der Waals surface area contributed by atoms with Gasteiger partial charge < -0.3 is 15.5 Å². The Hall–Kier alpha value is -2.95. The van der Waals surface area contributed by atoms with Gasteiger partial charge in [0.25, 0.3) is 0 Å². The molecule has 4 heteroatoms.